The molecule has 0 unspecified atom stereocenters. The minimum Gasteiger partial charge on any atom is -0.390 e. The van der Waals surface area contributed by atoms with Crippen molar-refractivity contribution < 1.29 is 14.3 Å². The molecule has 0 radical (unpaired) electrons. The van der Waals surface area contributed by atoms with Gasteiger partial charge in [0.15, 0.2) is 0 Å². The Balaban J connectivity index is 1.68. The molecule has 0 aliphatic rings. The summed E-state index contributed by atoms with van der Waals surface area (Å²) in [7, 11) is 3.67. The van der Waals surface area contributed by atoms with E-state index in [2.05, 4.69) is 25.9 Å². The molecule has 0 fully saturated rings. The number of fused-ring (bicyclic) bond motifs is 1. The number of aryl methyl sites for hydroxylation is 1. The van der Waals surface area contributed by atoms with Crippen molar-refractivity contribution in [2.24, 2.45) is 0 Å². The molecule has 1 aromatic carbocycles. The number of anilines is 3. The van der Waals surface area contributed by atoms with E-state index in [0.717, 1.165) is 21.8 Å². The van der Waals surface area contributed by atoms with E-state index in [4.69, 9.17) is 0 Å². The van der Waals surface area contributed by atoms with Crippen molar-refractivity contribution in [1.29, 1.82) is 0 Å². The molecular formula is C24H27FN6O2S. The molecule has 3 heterocycles. The summed E-state index contributed by atoms with van der Waals surface area (Å²) in [5, 5.41) is 19.5. The molecule has 4 aromatic rings. The number of carbonyl (C=O) groups excluding carboxylic acids is 1. The molecule has 3 aromatic heterocycles. The van der Waals surface area contributed by atoms with E-state index >= 15 is 0 Å². The maximum atomic E-state index is 13.5. The van der Waals surface area contributed by atoms with Crippen LogP contribution < -0.4 is 16.0 Å². The highest BCUT2D eigenvalue weighted by Gasteiger charge is 2.20. The predicted molar refractivity (Wildman–Crippen MR) is 135 cm³/mol. The van der Waals surface area contributed by atoms with Crippen molar-refractivity contribution in [3.63, 3.8) is 0 Å². The average molecular weight is 483 g/mol. The van der Waals surface area contributed by atoms with Crippen molar-refractivity contribution in [3.05, 3.63) is 53.4 Å². The van der Waals surface area contributed by atoms with Gasteiger partial charge in [-0.25, -0.2) is 9.97 Å². The minimum atomic E-state index is -0.878. The number of nitrogens with zero attached hydrogens (tertiary/aromatic N) is 3. The monoisotopic (exact) mass is 482 g/mol. The minimum absolute atomic E-state index is 0.312. The van der Waals surface area contributed by atoms with Crippen LogP contribution in [0.3, 0.4) is 0 Å². The lowest BCUT2D eigenvalue weighted by Crippen LogP contribution is -2.22. The van der Waals surface area contributed by atoms with Gasteiger partial charge in [0, 0.05) is 37.8 Å². The van der Waals surface area contributed by atoms with Gasteiger partial charge in [-0.1, -0.05) is 0 Å². The number of imidazole rings is 1. The molecule has 1 amide bonds. The Morgan fingerprint density at radius 2 is 1.88 bits per heavy atom. The molecule has 0 saturated heterocycles. The van der Waals surface area contributed by atoms with Crippen molar-refractivity contribution in [2.75, 3.05) is 30.0 Å². The number of thiophene rings is 1. The first-order valence-electron chi connectivity index (χ1n) is 10.8. The van der Waals surface area contributed by atoms with Crippen molar-refractivity contribution >= 4 is 45.6 Å². The van der Waals surface area contributed by atoms with Crippen molar-refractivity contribution in [2.45, 2.75) is 32.4 Å². The van der Waals surface area contributed by atoms with Crippen LogP contribution >= 0.6 is 11.3 Å². The van der Waals surface area contributed by atoms with E-state index in [9.17, 15) is 14.3 Å². The molecule has 0 saturated carbocycles. The summed E-state index contributed by atoms with van der Waals surface area (Å²) < 4.78 is 15.4. The van der Waals surface area contributed by atoms with Gasteiger partial charge in [0.25, 0.3) is 5.91 Å². The number of aromatic nitrogens is 3. The third kappa shape index (κ3) is 5.02. The second-order valence-electron chi connectivity index (χ2n) is 8.52. The second kappa shape index (κ2) is 9.40. The molecule has 0 spiro atoms. The zero-order valence-corrected chi connectivity index (χ0v) is 20.3. The number of aliphatic hydroxyl groups is 1. The lowest BCUT2D eigenvalue weighted by atomic mass is 10.1. The fourth-order valence-corrected chi connectivity index (χ4v) is 4.52. The quantitative estimate of drug-likeness (QED) is 0.269. The van der Waals surface area contributed by atoms with Crippen molar-refractivity contribution in [1.82, 2.24) is 14.5 Å². The van der Waals surface area contributed by atoms with E-state index < -0.39 is 11.5 Å². The van der Waals surface area contributed by atoms with Crippen LogP contribution in [0.1, 0.15) is 29.9 Å². The van der Waals surface area contributed by atoms with Gasteiger partial charge in [-0.3, -0.25) is 10.1 Å². The van der Waals surface area contributed by atoms with Crippen LogP contribution in [0.15, 0.2) is 42.6 Å². The van der Waals surface area contributed by atoms with Crippen LogP contribution in [0, 0.1) is 5.95 Å². The molecule has 34 heavy (non-hydrogen) atoms. The molecule has 0 aliphatic carbocycles. The number of hydrogen-bond donors (Lipinski definition) is 4. The van der Waals surface area contributed by atoms with Crippen LogP contribution in [0.5, 0.6) is 0 Å². The number of nitrogens with one attached hydrogen (secondary N) is 3. The Kier molecular flexibility index (Phi) is 6.54. The summed E-state index contributed by atoms with van der Waals surface area (Å²) in [6.45, 7) is 3.96. The van der Waals surface area contributed by atoms with Gasteiger partial charge < -0.3 is 20.3 Å². The molecule has 4 rings (SSSR count). The topological polar surface area (TPSA) is 104 Å². The smallest absolute Gasteiger partial charge is 0.268 e. The number of hydrogen-bond acceptors (Lipinski definition) is 7. The summed E-state index contributed by atoms with van der Waals surface area (Å²) in [6.07, 6.45) is 1.87. The predicted octanol–water partition coefficient (Wildman–Crippen LogP) is 4.80. The maximum absolute atomic E-state index is 13.5. The Labute approximate surface area is 200 Å². The lowest BCUT2D eigenvalue weighted by Gasteiger charge is -2.19. The Bertz CT molecular complexity index is 1340. The zero-order valence-electron chi connectivity index (χ0n) is 19.4. The number of amides is 1. The summed E-state index contributed by atoms with van der Waals surface area (Å²) in [4.78, 5) is 22.6. The molecule has 0 aliphatic heterocycles. The Morgan fingerprint density at radius 3 is 2.56 bits per heavy atom. The highest BCUT2D eigenvalue weighted by atomic mass is 32.1. The fourth-order valence-electron chi connectivity index (χ4n) is 3.63. The summed E-state index contributed by atoms with van der Waals surface area (Å²) in [5.41, 5.74) is 3.11. The third-order valence-electron chi connectivity index (χ3n) is 5.44. The van der Waals surface area contributed by atoms with Gasteiger partial charge in [-0.2, -0.15) is 4.39 Å². The average Bonchev–Trinajstić information content (AvgIpc) is 3.41. The van der Waals surface area contributed by atoms with Gasteiger partial charge in [0.05, 0.1) is 32.9 Å². The first kappa shape index (κ1) is 23.7. The lowest BCUT2D eigenvalue weighted by molar-refractivity contribution is 0.0667. The van der Waals surface area contributed by atoms with E-state index in [1.165, 1.54) is 23.6 Å². The normalized spacial score (nSPS) is 11.6. The van der Waals surface area contributed by atoms with E-state index in [-0.39, 0.29) is 5.91 Å². The number of rotatable bonds is 8. The van der Waals surface area contributed by atoms with Gasteiger partial charge in [0.2, 0.25) is 11.9 Å². The molecule has 0 bridgehead atoms. The summed E-state index contributed by atoms with van der Waals surface area (Å²) >= 11 is 1.26. The summed E-state index contributed by atoms with van der Waals surface area (Å²) in [6, 6.07) is 10.4. The molecule has 10 heteroatoms. The van der Waals surface area contributed by atoms with E-state index in [0.29, 0.717) is 34.9 Å². The molecule has 0 atom stereocenters. The van der Waals surface area contributed by atoms with Gasteiger partial charge in [-0.05, 0) is 56.2 Å². The third-order valence-corrected chi connectivity index (χ3v) is 6.57. The van der Waals surface area contributed by atoms with Crippen LogP contribution in [-0.2, 0) is 6.54 Å². The molecule has 8 nitrogen and oxygen atoms in total. The molecule has 4 N–H and O–H groups in total. The Morgan fingerprint density at radius 1 is 1.15 bits per heavy atom. The standard InChI is InChI=1S/C24H27FN6O2S/c1-24(2,33)8-10-31-18-13-16(27-4)15(26-3)12-17(18)29-23(31)30-22(32)20-6-5-19(34-20)14-7-9-28-21(25)11-14/h5-7,9,11-13,26-27,33H,8,10H2,1-4H3,(H,29,30,32). The Hall–Kier alpha value is -3.50. The van der Waals surface area contributed by atoms with Gasteiger partial charge >= 0.3 is 0 Å². The van der Waals surface area contributed by atoms with E-state index in [1.807, 2.05) is 30.8 Å². The summed E-state index contributed by atoms with van der Waals surface area (Å²) in [5.74, 6) is -0.489. The van der Waals surface area contributed by atoms with Gasteiger partial charge in [-0.15, -0.1) is 11.3 Å². The van der Waals surface area contributed by atoms with Crippen LogP contribution in [0.4, 0.5) is 21.7 Å². The highest BCUT2D eigenvalue weighted by Crippen LogP contribution is 2.32. The van der Waals surface area contributed by atoms with E-state index in [1.54, 1.807) is 32.0 Å². The SMILES string of the molecule is CNc1cc2nc(NC(=O)c3ccc(-c4ccnc(F)c4)s3)n(CCC(C)(C)O)c2cc1NC. The highest BCUT2D eigenvalue weighted by molar-refractivity contribution is 7.17. The molecular weight excluding hydrogens is 455 g/mol. The number of carbonyl (C=O) groups is 1. The molecule has 178 valence electrons. The number of benzene rings is 1. The fraction of sp³-hybridized carbons (Fsp3) is 0.292. The largest absolute Gasteiger partial charge is 0.390 e. The number of halogens is 1. The van der Waals surface area contributed by atoms with Gasteiger partial charge in [0.1, 0.15) is 0 Å². The first-order valence-corrected chi connectivity index (χ1v) is 11.7. The van der Waals surface area contributed by atoms with Crippen LogP contribution in [0.2, 0.25) is 0 Å². The van der Waals surface area contributed by atoms with Crippen molar-refractivity contribution in [3.8, 4) is 10.4 Å². The maximum Gasteiger partial charge on any atom is 0.268 e. The first-order chi connectivity index (χ1) is 16.2. The van der Waals surface area contributed by atoms with Crippen LogP contribution in [0.25, 0.3) is 21.5 Å². The second-order valence-corrected chi connectivity index (χ2v) is 9.61. The zero-order chi connectivity index (χ0) is 24.5. The van der Waals surface area contributed by atoms with Crippen LogP contribution in [-0.4, -0.2) is 45.2 Å². The number of pyridine rings is 1.